The molecule has 2 aromatic rings. The number of anilines is 1. The van der Waals surface area contributed by atoms with Gasteiger partial charge in [0.1, 0.15) is 17.6 Å². The zero-order valence-electron chi connectivity index (χ0n) is 18.6. The molecule has 5 rings (SSSR count). The van der Waals surface area contributed by atoms with Gasteiger partial charge in [-0.25, -0.2) is 14.8 Å². The number of carbonyl (C=O) groups is 3. The molecular formula is C24H19N7O4. The van der Waals surface area contributed by atoms with Crippen LogP contribution in [0.2, 0.25) is 0 Å². The minimum atomic E-state index is -1.62. The van der Waals surface area contributed by atoms with E-state index in [4.69, 9.17) is 10.5 Å². The minimum Gasteiger partial charge on any atom is -0.497 e. The molecule has 174 valence electrons. The molecule has 0 aliphatic carbocycles. The Morgan fingerprint density at radius 3 is 2.83 bits per heavy atom. The summed E-state index contributed by atoms with van der Waals surface area (Å²) >= 11 is 0. The highest BCUT2D eigenvalue weighted by Gasteiger charge is 2.48. The van der Waals surface area contributed by atoms with Crippen LogP contribution < -0.4 is 21.1 Å². The number of aliphatic imine (C=N–C) groups is 1. The lowest BCUT2D eigenvalue weighted by Gasteiger charge is -2.26. The molecule has 0 spiro atoms. The Balaban J connectivity index is 1.41. The number of fused-ring (bicyclic) bond motifs is 2. The molecule has 35 heavy (non-hydrogen) atoms. The number of hydrogen-bond acceptors (Lipinski definition) is 8. The van der Waals surface area contributed by atoms with Gasteiger partial charge in [0.2, 0.25) is 0 Å². The summed E-state index contributed by atoms with van der Waals surface area (Å²) in [6.45, 7) is 0.136. The Hall–Kier alpha value is -4.90. The second-order valence-electron chi connectivity index (χ2n) is 8.37. The topological polar surface area (TPSA) is 163 Å². The van der Waals surface area contributed by atoms with Crippen LogP contribution in [0.3, 0.4) is 0 Å². The number of pyridine rings is 1. The van der Waals surface area contributed by atoms with Crippen LogP contribution in [0.1, 0.15) is 27.0 Å². The Kier molecular flexibility index (Phi) is 5.10. The number of urea groups is 1. The predicted octanol–water partition coefficient (Wildman–Crippen LogP) is 0.656. The molecule has 4 amide bonds. The first kappa shape index (κ1) is 21.9. The van der Waals surface area contributed by atoms with Crippen molar-refractivity contribution < 1.29 is 19.1 Å². The average molecular weight is 469 g/mol. The second kappa shape index (κ2) is 8.15. The lowest BCUT2D eigenvalue weighted by atomic mass is 9.94. The molecule has 0 bridgehead atoms. The zero-order chi connectivity index (χ0) is 24.7. The molecular weight excluding hydrogens is 450 g/mol. The maximum atomic E-state index is 13.0. The molecule has 11 heteroatoms. The first-order valence-electron chi connectivity index (χ1n) is 10.7. The molecule has 1 fully saturated rings. The fourth-order valence-corrected chi connectivity index (χ4v) is 4.28. The highest BCUT2D eigenvalue weighted by atomic mass is 16.5. The number of nitrogens with zero attached hydrogens (tertiary/aromatic N) is 4. The maximum absolute atomic E-state index is 13.0. The molecule has 1 aromatic heterocycles. The first-order valence-corrected chi connectivity index (χ1v) is 10.7. The summed E-state index contributed by atoms with van der Waals surface area (Å²) in [5, 5.41) is 14.0. The standard InChI is InChI=1S/C24H19N7O4/c1-35-17-3-2-14-11-31(21(32)18(14)8-17)12-24(22(33)29-23(34)30-24)5-4-13-6-15-7-16(9-25)19(26)28-20(15)27-10-13/h2-3,7-8,10,13H,6,11-12H2,1H3,(H2,26,28)(H2,29,30,33,34)/t13?,24-/m1/s1. The number of imide groups is 1. The van der Waals surface area contributed by atoms with E-state index in [1.54, 1.807) is 30.5 Å². The third kappa shape index (κ3) is 3.79. The van der Waals surface area contributed by atoms with Gasteiger partial charge in [0, 0.05) is 18.3 Å². The third-order valence-electron chi connectivity index (χ3n) is 6.08. The highest BCUT2D eigenvalue weighted by Crippen LogP contribution is 2.29. The molecule has 3 aliphatic heterocycles. The van der Waals surface area contributed by atoms with Crippen LogP contribution in [0.15, 0.2) is 29.3 Å². The van der Waals surface area contributed by atoms with Gasteiger partial charge in [-0.2, -0.15) is 5.26 Å². The number of carbonyl (C=O) groups excluding carboxylic acids is 3. The van der Waals surface area contributed by atoms with Crippen molar-refractivity contribution in [2.24, 2.45) is 10.9 Å². The van der Waals surface area contributed by atoms with Gasteiger partial charge in [-0.15, -0.1) is 0 Å². The highest BCUT2D eigenvalue weighted by molar-refractivity contribution is 6.10. The van der Waals surface area contributed by atoms with Crippen LogP contribution in [-0.2, 0) is 17.8 Å². The number of nitrogen functional groups attached to an aromatic ring is 1. The van der Waals surface area contributed by atoms with Gasteiger partial charge >= 0.3 is 6.03 Å². The molecule has 4 heterocycles. The fraction of sp³-hybridized carbons (Fsp3) is 0.250. The molecule has 3 aliphatic rings. The number of benzene rings is 1. The molecule has 0 radical (unpaired) electrons. The van der Waals surface area contributed by atoms with Crippen molar-refractivity contribution in [1.29, 1.82) is 5.26 Å². The van der Waals surface area contributed by atoms with Crippen molar-refractivity contribution >= 4 is 35.7 Å². The van der Waals surface area contributed by atoms with Crippen LogP contribution in [0.5, 0.6) is 5.75 Å². The average Bonchev–Trinajstić information content (AvgIpc) is 3.31. The van der Waals surface area contributed by atoms with Crippen molar-refractivity contribution in [1.82, 2.24) is 20.5 Å². The van der Waals surface area contributed by atoms with Gasteiger partial charge in [-0.1, -0.05) is 17.9 Å². The molecule has 1 saturated heterocycles. The van der Waals surface area contributed by atoms with E-state index >= 15 is 0 Å². The summed E-state index contributed by atoms with van der Waals surface area (Å²) in [6, 6.07) is 8.13. The molecule has 2 atom stereocenters. The molecule has 1 aromatic carbocycles. The van der Waals surface area contributed by atoms with Gasteiger partial charge in [0.25, 0.3) is 11.8 Å². The van der Waals surface area contributed by atoms with Gasteiger partial charge in [0.05, 0.1) is 25.1 Å². The number of aromatic nitrogens is 1. The Morgan fingerprint density at radius 2 is 2.11 bits per heavy atom. The Bertz CT molecular complexity index is 1430. The maximum Gasteiger partial charge on any atom is 0.323 e. The van der Waals surface area contributed by atoms with E-state index in [1.807, 2.05) is 6.07 Å². The SMILES string of the molecule is COc1ccc2c(c1)C(=O)N(C[C@@]1(C#CC3C=Nc4nc(N)c(C#N)cc4C3)NC(=O)NC1=O)C2. The summed E-state index contributed by atoms with van der Waals surface area (Å²) in [5.74, 6) is 5.64. The first-order chi connectivity index (χ1) is 16.8. The summed E-state index contributed by atoms with van der Waals surface area (Å²) in [5.41, 5.74) is 6.35. The number of methoxy groups -OCH3 is 1. The summed E-state index contributed by atoms with van der Waals surface area (Å²) in [7, 11) is 1.51. The van der Waals surface area contributed by atoms with E-state index in [0.29, 0.717) is 29.1 Å². The summed E-state index contributed by atoms with van der Waals surface area (Å²) in [4.78, 5) is 47.8. The number of hydrogen-bond donors (Lipinski definition) is 3. The monoisotopic (exact) mass is 469 g/mol. The number of ether oxygens (including phenoxy) is 1. The van der Waals surface area contributed by atoms with Crippen molar-refractivity contribution in [3.05, 3.63) is 46.5 Å². The van der Waals surface area contributed by atoms with E-state index in [2.05, 4.69) is 32.5 Å². The van der Waals surface area contributed by atoms with Crippen molar-refractivity contribution in [3.8, 4) is 23.7 Å². The molecule has 0 saturated carbocycles. The van der Waals surface area contributed by atoms with Crippen LogP contribution >= 0.6 is 0 Å². The zero-order valence-corrected chi connectivity index (χ0v) is 18.6. The number of nitrogens with two attached hydrogens (primary N) is 1. The normalized spacial score (nSPS) is 21.9. The number of nitrogens with one attached hydrogen (secondary N) is 2. The van der Waals surface area contributed by atoms with Crippen LogP contribution in [0.25, 0.3) is 0 Å². The second-order valence-corrected chi connectivity index (χ2v) is 8.37. The van der Waals surface area contributed by atoms with Gasteiger partial charge < -0.3 is 20.7 Å². The largest absolute Gasteiger partial charge is 0.497 e. The number of rotatable bonds is 3. The molecule has 11 nitrogen and oxygen atoms in total. The lowest BCUT2D eigenvalue weighted by Crippen LogP contribution is -2.54. The third-order valence-corrected chi connectivity index (χ3v) is 6.08. The van der Waals surface area contributed by atoms with Crippen molar-refractivity contribution in [3.63, 3.8) is 0 Å². The Labute approximate surface area is 200 Å². The van der Waals surface area contributed by atoms with E-state index < -0.39 is 23.4 Å². The van der Waals surface area contributed by atoms with Crippen LogP contribution in [0, 0.1) is 29.1 Å². The predicted molar refractivity (Wildman–Crippen MR) is 124 cm³/mol. The van der Waals surface area contributed by atoms with Crippen LogP contribution in [-0.4, -0.2) is 53.1 Å². The fourth-order valence-electron chi connectivity index (χ4n) is 4.28. The van der Waals surface area contributed by atoms with Crippen molar-refractivity contribution in [2.75, 3.05) is 19.4 Å². The van der Waals surface area contributed by atoms with E-state index in [0.717, 1.165) is 5.56 Å². The van der Waals surface area contributed by atoms with E-state index in [-0.39, 0.29) is 30.4 Å². The minimum absolute atomic E-state index is 0.103. The lowest BCUT2D eigenvalue weighted by molar-refractivity contribution is -0.122. The van der Waals surface area contributed by atoms with Gasteiger partial charge in [0.15, 0.2) is 11.4 Å². The quantitative estimate of drug-likeness (QED) is 0.439. The molecule has 1 unspecified atom stereocenters. The number of amides is 4. The van der Waals surface area contributed by atoms with E-state index in [9.17, 15) is 19.6 Å². The van der Waals surface area contributed by atoms with E-state index in [1.165, 1.54) is 12.0 Å². The van der Waals surface area contributed by atoms with Crippen molar-refractivity contribution in [2.45, 2.75) is 18.5 Å². The summed E-state index contributed by atoms with van der Waals surface area (Å²) < 4.78 is 5.20. The number of nitriles is 1. The van der Waals surface area contributed by atoms with Gasteiger partial charge in [-0.05, 0) is 35.7 Å². The molecule has 4 N–H and O–H groups in total. The van der Waals surface area contributed by atoms with Gasteiger partial charge in [-0.3, -0.25) is 14.9 Å². The van der Waals surface area contributed by atoms with Crippen LogP contribution in [0.4, 0.5) is 16.4 Å². The smallest absolute Gasteiger partial charge is 0.323 e. The Morgan fingerprint density at radius 1 is 1.29 bits per heavy atom. The summed E-state index contributed by atoms with van der Waals surface area (Å²) in [6.07, 6.45) is 1.98.